The van der Waals surface area contributed by atoms with Crippen LogP contribution in [0.3, 0.4) is 0 Å². The predicted octanol–water partition coefficient (Wildman–Crippen LogP) is 2.06. The van der Waals surface area contributed by atoms with Crippen LogP contribution in [0.5, 0.6) is 0 Å². The van der Waals surface area contributed by atoms with E-state index in [-0.39, 0.29) is 11.7 Å². The number of H-pyrrole nitrogens is 1. The van der Waals surface area contributed by atoms with Gasteiger partial charge in [-0.1, -0.05) is 6.92 Å². The second-order valence-corrected chi connectivity index (χ2v) is 4.55. The molecule has 0 bridgehead atoms. The van der Waals surface area contributed by atoms with Crippen molar-refractivity contribution in [1.82, 2.24) is 20.0 Å². The number of anilines is 1. The summed E-state index contributed by atoms with van der Waals surface area (Å²) >= 11 is 0. The van der Waals surface area contributed by atoms with E-state index in [0.29, 0.717) is 18.1 Å². The van der Waals surface area contributed by atoms with Crippen LogP contribution in [0.15, 0.2) is 41.2 Å². The number of furan rings is 1. The maximum atomic E-state index is 12.1. The molecule has 2 N–H and O–H groups in total. The summed E-state index contributed by atoms with van der Waals surface area (Å²) in [5.41, 5.74) is 0.951. The van der Waals surface area contributed by atoms with Gasteiger partial charge in [0.1, 0.15) is 11.6 Å². The number of hydrogen-bond donors (Lipinski definition) is 2. The molecule has 3 heterocycles. The molecule has 0 radical (unpaired) electrons. The first kappa shape index (κ1) is 13.2. The van der Waals surface area contributed by atoms with Crippen molar-refractivity contribution in [3.05, 3.63) is 53.9 Å². The molecule has 0 fully saturated rings. The normalized spacial score (nSPS) is 10.7. The van der Waals surface area contributed by atoms with Crippen LogP contribution in [0.1, 0.15) is 28.8 Å². The van der Waals surface area contributed by atoms with Gasteiger partial charge in [-0.05, 0) is 24.6 Å². The SMILES string of the molecule is CCc1cn[nH]c1NC(=O)c1ccc(Cn2cccn2)o1. The summed E-state index contributed by atoms with van der Waals surface area (Å²) in [6.07, 6.45) is 6.01. The number of hydrogen-bond acceptors (Lipinski definition) is 4. The summed E-state index contributed by atoms with van der Waals surface area (Å²) in [4.78, 5) is 12.1. The molecule has 0 spiro atoms. The van der Waals surface area contributed by atoms with Crippen LogP contribution in [0.2, 0.25) is 0 Å². The fourth-order valence-corrected chi connectivity index (χ4v) is 2.00. The zero-order valence-corrected chi connectivity index (χ0v) is 11.5. The molecule has 0 aliphatic rings. The van der Waals surface area contributed by atoms with Crippen molar-refractivity contribution in [2.24, 2.45) is 0 Å². The van der Waals surface area contributed by atoms with Gasteiger partial charge in [-0.3, -0.25) is 14.6 Å². The Bertz CT molecular complexity index is 726. The van der Waals surface area contributed by atoms with E-state index in [2.05, 4.69) is 20.6 Å². The Morgan fingerprint density at radius 1 is 1.48 bits per heavy atom. The fourth-order valence-electron chi connectivity index (χ4n) is 2.00. The number of nitrogens with one attached hydrogen (secondary N) is 2. The Labute approximate surface area is 121 Å². The summed E-state index contributed by atoms with van der Waals surface area (Å²) in [7, 11) is 0. The van der Waals surface area contributed by atoms with Crippen LogP contribution >= 0.6 is 0 Å². The highest BCUT2D eigenvalue weighted by atomic mass is 16.4. The second-order valence-electron chi connectivity index (χ2n) is 4.55. The molecule has 7 heteroatoms. The molecule has 3 aromatic rings. The largest absolute Gasteiger partial charge is 0.454 e. The van der Waals surface area contributed by atoms with Crippen molar-refractivity contribution in [2.75, 3.05) is 5.32 Å². The van der Waals surface area contributed by atoms with Crippen LogP contribution < -0.4 is 5.32 Å². The molecule has 7 nitrogen and oxygen atoms in total. The smallest absolute Gasteiger partial charge is 0.292 e. The number of aryl methyl sites for hydroxylation is 1. The van der Waals surface area contributed by atoms with Crippen molar-refractivity contribution < 1.29 is 9.21 Å². The van der Waals surface area contributed by atoms with Crippen molar-refractivity contribution >= 4 is 11.7 Å². The Morgan fingerprint density at radius 2 is 2.38 bits per heavy atom. The van der Waals surface area contributed by atoms with Crippen LogP contribution in [0, 0.1) is 0 Å². The fraction of sp³-hybridized carbons (Fsp3) is 0.214. The average Bonchev–Trinajstić information content (AvgIpc) is 3.20. The van der Waals surface area contributed by atoms with Crippen LogP contribution in [0.25, 0.3) is 0 Å². The Kier molecular flexibility index (Phi) is 3.55. The lowest BCUT2D eigenvalue weighted by atomic mass is 10.2. The third-order valence-electron chi connectivity index (χ3n) is 3.10. The van der Waals surface area contributed by atoms with Gasteiger partial charge in [-0.25, -0.2) is 0 Å². The molecule has 21 heavy (non-hydrogen) atoms. The summed E-state index contributed by atoms with van der Waals surface area (Å²) in [6, 6.07) is 5.25. The Balaban J connectivity index is 1.69. The number of carbonyl (C=O) groups is 1. The quantitative estimate of drug-likeness (QED) is 0.751. The van der Waals surface area contributed by atoms with Crippen LogP contribution in [-0.4, -0.2) is 25.9 Å². The number of rotatable bonds is 5. The molecule has 0 atom stereocenters. The van der Waals surface area contributed by atoms with Crippen molar-refractivity contribution in [1.29, 1.82) is 0 Å². The number of aromatic amines is 1. The van der Waals surface area contributed by atoms with E-state index in [1.807, 2.05) is 19.2 Å². The molecular weight excluding hydrogens is 270 g/mol. The minimum absolute atomic E-state index is 0.258. The Morgan fingerprint density at radius 3 is 3.14 bits per heavy atom. The zero-order chi connectivity index (χ0) is 14.7. The molecule has 0 aliphatic carbocycles. The van der Waals surface area contributed by atoms with E-state index >= 15 is 0 Å². The topological polar surface area (TPSA) is 88.7 Å². The molecule has 0 saturated carbocycles. The maximum Gasteiger partial charge on any atom is 0.292 e. The van der Waals surface area contributed by atoms with Gasteiger partial charge in [0, 0.05) is 18.0 Å². The van der Waals surface area contributed by atoms with Gasteiger partial charge in [0.25, 0.3) is 5.91 Å². The van der Waals surface area contributed by atoms with Gasteiger partial charge in [0.2, 0.25) is 0 Å². The van der Waals surface area contributed by atoms with E-state index in [1.165, 1.54) is 0 Å². The minimum Gasteiger partial charge on any atom is -0.454 e. The van der Waals surface area contributed by atoms with Gasteiger partial charge >= 0.3 is 0 Å². The number of nitrogens with zero attached hydrogens (tertiary/aromatic N) is 3. The van der Waals surface area contributed by atoms with Gasteiger partial charge in [-0.15, -0.1) is 0 Å². The third kappa shape index (κ3) is 2.86. The lowest BCUT2D eigenvalue weighted by Crippen LogP contribution is -2.12. The summed E-state index contributed by atoms with van der Waals surface area (Å²) in [5.74, 6) is 1.23. The van der Waals surface area contributed by atoms with E-state index < -0.39 is 0 Å². The van der Waals surface area contributed by atoms with Crippen molar-refractivity contribution in [2.45, 2.75) is 19.9 Å². The Hall–Kier alpha value is -2.83. The highest BCUT2D eigenvalue weighted by molar-refractivity contribution is 6.02. The lowest BCUT2D eigenvalue weighted by Gasteiger charge is -2.02. The molecule has 0 unspecified atom stereocenters. The minimum atomic E-state index is -0.305. The molecule has 3 rings (SSSR count). The standard InChI is InChI=1S/C14H15N5O2/c1-2-10-8-15-18-13(10)17-14(20)12-5-4-11(21-12)9-19-7-3-6-16-19/h3-8H,2,9H2,1H3,(H2,15,17,18,20). The molecule has 108 valence electrons. The summed E-state index contributed by atoms with van der Waals surface area (Å²) in [5, 5.41) is 13.5. The first-order valence-corrected chi connectivity index (χ1v) is 6.66. The summed E-state index contributed by atoms with van der Waals surface area (Å²) in [6.45, 7) is 2.49. The van der Waals surface area contributed by atoms with E-state index in [1.54, 1.807) is 29.2 Å². The number of carbonyl (C=O) groups excluding carboxylic acids is 1. The molecule has 3 aromatic heterocycles. The van der Waals surface area contributed by atoms with Crippen molar-refractivity contribution in [3.63, 3.8) is 0 Å². The van der Waals surface area contributed by atoms with E-state index in [4.69, 9.17) is 4.42 Å². The van der Waals surface area contributed by atoms with Gasteiger partial charge in [0.05, 0.1) is 12.7 Å². The van der Waals surface area contributed by atoms with Crippen LogP contribution in [0.4, 0.5) is 5.82 Å². The average molecular weight is 285 g/mol. The van der Waals surface area contributed by atoms with E-state index in [0.717, 1.165) is 12.0 Å². The monoisotopic (exact) mass is 285 g/mol. The highest BCUT2D eigenvalue weighted by Crippen LogP contribution is 2.15. The maximum absolute atomic E-state index is 12.1. The first-order chi connectivity index (χ1) is 10.3. The summed E-state index contributed by atoms with van der Waals surface area (Å²) < 4.78 is 7.26. The van der Waals surface area contributed by atoms with Crippen LogP contribution in [-0.2, 0) is 13.0 Å². The molecule has 0 aliphatic heterocycles. The zero-order valence-electron chi connectivity index (χ0n) is 11.5. The van der Waals surface area contributed by atoms with Gasteiger partial charge < -0.3 is 9.73 Å². The predicted molar refractivity (Wildman–Crippen MR) is 76.0 cm³/mol. The second kappa shape index (κ2) is 5.66. The third-order valence-corrected chi connectivity index (χ3v) is 3.10. The first-order valence-electron chi connectivity index (χ1n) is 6.66. The number of amides is 1. The molecule has 0 saturated heterocycles. The van der Waals surface area contributed by atoms with Crippen molar-refractivity contribution in [3.8, 4) is 0 Å². The van der Waals surface area contributed by atoms with E-state index in [9.17, 15) is 4.79 Å². The highest BCUT2D eigenvalue weighted by Gasteiger charge is 2.14. The number of aromatic nitrogens is 4. The molecule has 1 amide bonds. The molecular formula is C14H15N5O2. The van der Waals surface area contributed by atoms with Gasteiger partial charge in [0.15, 0.2) is 5.76 Å². The van der Waals surface area contributed by atoms with Gasteiger partial charge in [-0.2, -0.15) is 10.2 Å². The molecule has 0 aromatic carbocycles. The lowest BCUT2D eigenvalue weighted by molar-refractivity contribution is 0.0994.